The molecule has 1 amide bonds. The fraction of sp³-hybridized carbons (Fsp3) is 0.500. The second-order valence-corrected chi connectivity index (χ2v) is 5.69. The number of benzene rings is 1. The Morgan fingerprint density at radius 1 is 1.23 bits per heavy atom. The fourth-order valence-electron chi connectivity index (χ4n) is 1.96. The van der Waals surface area contributed by atoms with Crippen LogP contribution in [0.25, 0.3) is 0 Å². The van der Waals surface area contributed by atoms with E-state index in [1.54, 1.807) is 32.2 Å². The first-order valence-corrected chi connectivity index (χ1v) is 7.23. The maximum Gasteiger partial charge on any atom is 0.410 e. The van der Waals surface area contributed by atoms with E-state index in [0.29, 0.717) is 23.7 Å². The number of hydrogen-bond donors (Lipinski definition) is 0. The SMILES string of the molecule is CC(C)COC(=O)N(C)C(C)C(=O)c1ccc2c(c1)OCO2. The third kappa shape index (κ3) is 3.50. The zero-order valence-corrected chi connectivity index (χ0v) is 13.3. The van der Waals surface area contributed by atoms with Crippen LogP contribution in [0, 0.1) is 5.92 Å². The summed E-state index contributed by atoms with van der Waals surface area (Å²) < 4.78 is 15.6. The van der Waals surface area contributed by atoms with Gasteiger partial charge in [0, 0.05) is 12.6 Å². The van der Waals surface area contributed by atoms with E-state index in [4.69, 9.17) is 14.2 Å². The Morgan fingerprint density at radius 3 is 2.59 bits per heavy atom. The van der Waals surface area contributed by atoms with Gasteiger partial charge in [-0.1, -0.05) is 13.8 Å². The molecule has 0 saturated heterocycles. The molecule has 2 rings (SSSR count). The summed E-state index contributed by atoms with van der Waals surface area (Å²) in [5, 5.41) is 0. The van der Waals surface area contributed by atoms with Gasteiger partial charge in [-0.2, -0.15) is 0 Å². The van der Waals surface area contributed by atoms with Gasteiger partial charge < -0.3 is 19.1 Å². The van der Waals surface area contributed by atoms with Crippen LogP contribution in [0.4, 0.5) is 4.79 Å². The van der Waals surface area contributed by atoms with Gasteiger partial charge in [-0.05, 0) is 31.0 Å². The average molecular weight is 307 g/mol. The summed E-state index contributed by atoms with van der Waals surface area (Å²) in [5.74, 6) is 1.23. The van der Waals surface area contributed by atoms with Crippen molar-refractivity contribution in [2.45, 2.75) is 26.8 Å². The number of carbonyl (C=O) groups is 2. The molecule has 0 spiro atoms. The van der Waals surface area contributed by atoms with Crippen molar-refractivity contribution in [2.24, 2.45) is 5.92 Å². The van der Waals surface area contributed by atoms with E-state index in [9.17, 15) is 9.59 Å². The summed E-state index contributed by atoms with van der Waals surface area (Å²) in [7, 11) is 1.55. The van der Waals surface area contributed by atoms with Gasteiger partial charge in [0.25, 0.3) is 0 Å². The number of hydrogen-bond acceptors (Lipinski definition) is 5. The van der Waals surface area contributed by atoms with Gasteiger partial charge in [-0.15, -0.1) is 0 Å². The molecule has 0 aromatic heterocycles. The van der Waals surface area contributed by atoms with Crippen molar-refractivity contribution in [2.75, 3.05) is 20.4 Å². The first-order chi connectivity index (χ1) is 10.4. The minimum atomic E-state index is -0.625. The lowest BCUT2D eigenvalue weighted by molar-refractivity contribution is 0.0727. The standard InChI is InChI=1S/C16H21NO5/c1-10(2)8-20-16(19)17(4)11(3)15(18)12-5-6-13-14(7-12)22-9-21-13/h5-7,10-11H,8-9H2,1-4H3. The van der Waals surface area contributed by atoms with Crippen LogP contribution in [-0.2, 0) is 4.74 Å². The smallest absolute Gasteiger partial charge is 0.410 e. The summed E-state index contributed by atoms with van der Waals surface area (Å²) in [6.07, 6.45) is -0.504. The highest BCUT2D eigenvalue weighted by molar-refractivity contribution is 6.01. The Morgan fingerprint density at radius 2 is 1.91 bits per heavy atom. The molecule has 0 fully saturated rings. The number of likely N-dealkylation sites (N-methyl/N-ethyl adjacent to an activating group) is 1. The molecule has 22 heavy (non-hydrogen) atoms. The lowest BCUT2D eigenvalue weighted by atomic mass is 10.0. The summed E-state index contributed by atoms with van der Waals surface area (Å²) in [4.78, 5) is 25.7. The van der Waals surface area contributed by atoms with E-state index in [0.717, 1.165) is 0 Å². The van der Waals surface area contributed by atoms with Crippen molar-refractivity contribution in [1.29, 1.82) is 0 Å². The van der Waals surface area contributed by atoms with Crippen molar-refractivity contribution in [3.05, 3.63) is 23.8 Å². The van der Waals surface area contributed by atoms with Crippen molar-refractivity contribution in [3.63, 3.8) is 0 Å². The monoisotopic (exact) mass is 307 g/mol. The molecule has 120 valence electrons. The Kier molecular flexibility index (Phi) is 4.90. The second-order valence-electron chi connectivity index (χ2n) is 5.69. The quantitative estimate of drug-likeness (QED) is 0.783. The van der Waals surface area contributed by atoms with Crippen molar-refractivity contribution < 1.29 is 23.8 Å². The zero-order valence-electron chi connectivity index (χ0n) is 13.3. The maximum atomic E-state index is 12.5. The Labute approximate surface area is 129 Å². The Balaban J connectivity index is 2.03. The molecule has 0 aliphatic carbocycles. The van der Waals surface area contributed by atoms with E-state index in [2.05, 4.69) is 0 Å². The molecule has 1 aromatic rings. The lowest BCUT2D eigenvalue weighted by Crippen LogP contribution is -2.41. The van der Waals surface area contributed by atoms with Crippen LogP contribution in [0.15, 0.2) is 18.2 Å². The third-order valence-electron chi connectivity index (χ3n) is 3.45. The molecule has 1 aliphatic heterocycles. The molecule has 0 radical (unpaired) electrons. The van der Waals surface area contributed by atoms with Crippen molar-refractivity contribution >= 4 is 11.9 Å². The highest BCUT2D eigenvalue weighted by Crippen LogP contribution is 2.32. The topological polar surface area (TPSA) is 65.1 Å². The molecule has 1 atom stereocenters. The van der Waals surface area contributed by atoms with Gasteiger partial charge >= 0.3 is 6.09 Å². The van der Waals surface area contributed by atoms with Crippen LogP contribution in [0.5, 0.6) is 11.5 Å². The highest BCUT2D eigenvalue weighted by atomic mass is 16.7. The van der Waals surface area contributed by atoms with Crippen LogP contribution >= 0.6 is 0 Å². The van der Waals surface area contributed by atoms with E-state index < -0.39 is 12.1 Å². The van der Waals surface area contributed by atoms with E-state index in [1.807, 2.05) is 13.8 Å². The van der Waals surface area contributed by atoms with Gasteiger partial charge in [0.05, 0.1) is 12.6 Å². The molecule has 1 aromatic carbocycles. The van der Waals surface area contributed by atoms with E-state index in [-0.39, 0.29) is 18.5 Å². The molecule has 1 aliphatic rings. The first-order valence-electron chi connectivity index (χ1n) is 7.23. The number of ketones is 1. The molecular weight excluding hydrogens is 286 g/mol. The van der Waals surface area contributed by atoms with Crippen molar-refractivity contribution in [3.8, 4) is 11.5 Å². The molecule has 6 heteroatoms. The predicted octanol–water partition coefficient (Wildman–Crippen LogP) is 2.71. The first kappa shape index (κ1) is 16.1. The van der Waals surface area contributed by atoms with Gasteiger partial charge in [0.2, 0.25) is 6.79 Å². The van der Waals surface area contributed by atoms with Crippen LogP contribution < -0.4 is 9.47 Å². The lowest BCUT2D eigenvalue weighted by Gasteiger charge is -2.23. The normalized spacial score (nSPS) is 13.9. The van der Waals surface area contributed by atoms with Gasteiger partial charge in [0.1, 0.15) is 0 Å². The molecule has 0 bridgehead atoms. The van der Waals surface area contributed by atoms with Crippen LogP contribution in [0.2, 0.25) is 0 Å². The number of nitrogens with zero attached hydrogens (tertiary/aromatic N) is 1. The number of fused-ring (bicyclic) bond motifs is 1. The summed E-state index contributed by atoms with van der Waals surface area (Å²) in [6, 6.07) is 4.37. The van der Waals surface area contributed by atoms with Crippen LogP contribution in [0.1, 0.15) is 31.1 Å². The maximum absolute atomic E-state index is 12.5. The summed E-state index contributed by atoms with van der Waals surface area (Å²) in [6.45, 7) is 6.06. The number of rotatable bonds is 5. The minimum Gasteiger partial charge on any atom is -0.454 e. The predicted molar refractivity (Wildman–Crippen MR) is 80.3 cm³/mol. The molecule has 0 N–H and O–H groups in total. The Bertz CT molecular complexity index is 570. The van der Waals surface area contributed by atoms with Crippen molar-refractivity contribution in [1.82, 2.24) is 4.90 Å². The fourth-order valence-corrected chi connectivity index (χ4v) is 1.96. The molecule has 1 unspecified atom stereocenters. The Hall–Kier alpha value is -2.24. The van der Waals surface area contributed by atoms with E-state index in [1.165, 1.54) is 4.90 Å². The summed E-state index contributed by atoms with van der Waals surface area (Å²) in [5.41, 5.74) is 0.472. The molecular formula is C16H21NO5. The van der Waals surface area contributed by atoms with Gasteiger partial charge in [-0.25, -0.2) is 4.79 Å². The third-order valence-corrected chi connectivity index (χ3v) is 3.45. The molecule has 6 nitrogen and oxygen atoms in total. The number of ether oxygens (including phenoxy) is 3. The highest BCUT2D eigenvalue weighted by Gasteiger charge is 2.26. The van der Waals surface area contributed by atoms with Gasteiger partial charge in [0.15, 0.2) is 17.3 Å². The summed E-state index contributed by atoms with van der Waals surface area (Å²) >= 11 is 0. The van der Waals surface area contributed by atoms with Crippen LogP contribution in [0.3, 0.4) is 0 Å². The number of Topliss-reactive ketones (excluding diaryl/α,β-unsaturated/α-hetero) is 1. The molecule has 0 saturated carbocycles. The van der Waals surface area contributed by atoms with Gasteiger partial charge in [-0.3, -0.25) is 4.79 Å². The largest absolute Gasteiger partial charge is 0.454 e. The van der Waals surface area contributed by atoms with E-state index >= 15 is 0 Å². The average Bonchev–Trinajstić information content (AvgIpc) is 2.97. The second kappa shape index (κ2) is 6.68. The molecule has 1 heterocycles. The number of carbonyl (C=O) groups excluding carboxylic acids is 2. The number of amides is 1. The minimum absolute atomic E-state index is 0.157. The zero-order chi connectivity index (χ0) is 16.3. The van der Waals surface area contributed by atoms with Crippen LogP contribution in [-0.4, -0.2) is 43.3 Å².